The molecule has 0 heterocycles. The third kappa shape index (κ3) is 1.09. The zero-order valence-electron chi connectivity index (χ0n) is 7.51. The molecule has 0 N–H and O–H groups in total. The first-order valence-electron chi connectivity index (χ1n) is 4.58. The average molecular weight is 176 g/mol. The van der Waals surface area contributed by atoms with E-state index in [1.807, 2.05) is 18.2 Å². The highest BCUT2D eigenvalue weighted by Crippen LogP contribution is 2.48. The van der Waals surface area contributed by atoms with Crippen molar-refractivity contribution in [2.75, 3.05) is 0 Å². The predicted octanol–water partition coefficient (Wildman–Crippen LogP) is 1.38. The molecule has 0 aromatic heterocycles. The van der Waals surface area contributed by atoms with Crippen LogP contribution < -0.4 is 0 Å². The van der Waals surface area contributed by atoms with Gasteiger partial charge in [-0.15, -0.1) is 0 Å². The van der Waals surface area contributed by atoms with E-state index in [4.69, 9.17) is 0 Å². The van der Waals surface area contributed by atoms with Crippen LogP contribution in [0.2, 0.25) is 0 Å². The Morgan fingerprint density at radius 3 is 2.69 bits per heavy atom. The zero-order chi connectivity index (χ0) is 9.42. The van der Waals surface area contributed by atoms with Gasteiger partial charge in [-0.25, -0.2) is 0 Å². The molecule has 0 aromatic carbocycles. The lowest BCUT2D eigenvalue weighted by molar-refractivity contribution is -0.119. The molecule has 2 nitrogen and oxygen atoms in total. The second kappa shape index (κ2) is 2.95. The van der Waals surface area contributed by atoms with Crippen LogP contribution in [0.5, 0.6) is 0 Å². The molecule has 0 spiro atoms. The van der Waals surface area contributed by atoms with Crippen molar-refractivity contribution >= 4 is 12.6 Å². The number of fused-ring (bicyclic) bond motifs is 1. The summed E-state index contributed by atoms with van der Waals surface area (Å²) in [6, 6.07) is 0. The third-order valence-corrected chi connectivity index (χ3v) is 3.29. The van der Waals surface area contributed by atoms with Gasteiger partial charge in [0, 0.05) is 11.5 Å². The monoisotopic (exact) mass is 176 g/mol. The normalized spacial score (nSPS) is 41.5. The Kier molecular flexibility index (Phi) is 1.91. The summed E-state index contributed by atoms with van der Waals surface area (Å²) in [5, 5.41) is 0. The lowest BCUT2D eigenvalue weighted by atomic mass is 9.58. The van der Waals surface area contributed by atoms with Gasteiger partial charge in [0.2, 0.25) is 0 Å². The molecule has 3 aliphatic carbocycles. The first-order valence-corrected chi connectivity index (χ1v) is 4.58. The molecule has 13 heavy (non-hydrogen) atoms. The first-order chi connectivity index (χ1) is 6.27. The van der Waals surface area contributed by atoms with Gasteiger partial charge >= 0.3 is 0 Å². The van der Waals surface area contributed by atoms with Crippen LogP contribution >= 0.6 is 0 Å². The fraction of sp³-hybridized carbons (Fsp3) is 0.455. The van der Waals surface area contributed by atoms with Crippen LogP contribution in [0.4, 0.5) is 0 Å². The van der Waals surface area contributed by atoms with Crippen molar-refractivity contribution in [3.63, 3.8) is 0 Å². The number of hydrogen-bond acceptors (Lipinski definition) is 2. The molecule has 0 radical (unpaired) electrons. The first kappa shape index (κ1) is 8.42. The van der Waals surface area contributed by atoms with E-state index in [-0.39, 0.29) is 11.8 Å². The Morgan fingerprint density at radius 2 is 2.08 bits per heavy atom. The molecule has 1 fully saturated rings. The van der Waals surface area contributed by atoms with E-state index in [9.17, 15) is 9.59 Å². The van der Waals surface area contributed by atoms with E-state index in [0.29, 0.717) is 17.4 Å². The molecule has 4 unspecified atom stereocenters. The van der Waals surface area contributed by atoms with Crippen LogP contribution in [-0.4, -0.2) is 12.6 Å². The summed E-state index contributed by atoms with van der Waals surface area (Å²) in [6.45, 7) is 2.13. The van der Waals surface area contributed by atoms with E-state index < -0.39 is 0 Å². The lowest BCUT2D eigenvalue weighted by Gasteiger charge is -2.44. The van der Waals surface area contributed by atoms with Gasteiger partial charge in [0.15, 0.2) is 0 Å². The number of aldehydes is 2. The number of carbonyl (C=O) groups is 2. The van der Waals surface area contributed by atoms with Crippen molar-refractivity contribution in [3.8, 4) is 0 Å². The van der Waals surface area contributed by atoms with Gasteiger partial charge in [-0.1, -0.05) is 25.2 Å². The van der Waals surface area contributed by atoms with Crippen LogP contribution in [0.3, 0.4) is 0 Å². The number of rotatable bonds is 2. The molecule has 1 saturated carbocycles. The lowest BCUT2D eigenvalue weighted by Crippen LogP contribution is -2.43. The summed E-state index contributed by atoms with van der Waals surface area (Å²) >= 11 is 0. The molecule has 0 aromatic rings. The Labute approximate surface area is 77.3 Å². The SMILES string of the molecule is CC1C2C=CC(C=O)=CC1C2C=O. The highest BCUT2D eigenvalue weighted by Gasteiger charge is 2.45. The van der Waals surface area contributed by atoms with E-state index in [0.717, 1.165) is 12.6 Å². The predicted molar refractivity (Wildman–Crippen MR) is 49.0 cm³/mol. The Bertz CT molecular complexity index is 301. The van der Waals surface area contributed by atoms with Crippen molar-refractivity contribution in [2.45, 2.75) is 6.92 Å². The van der Waals surface area contributed by atoms with Gasteiger partial charge in [-0.05, 0) is 17.8 Å². The molecule has 2 bridgehead atoms. The fourth-order valence-electron chi connectivity index (χ4n) is 2.40. The van der Waals surface area contributed by atoms with Gasteiger partial charge in [0.05, 0.1) is 0 Å². The molecular weight excluding hydrogens is 164 g/mol. The van der Waals surface area contributed by atoms with E-state index >= 15 is 0 Å². The molecule has 4 atom stereocenters. The molecular formula is C11H12O2. The highest BCUT2D eigenvalue weighted by molar-refractivity contribution is 5.78. The number of hydrogen-bond donors (Lipinski definition) is 0. The maximum Gasteiger partial charge on any atom is 0.149 e. The van der Waals surface area contributed by atoms with Gasteiger partial charge < -0.3 is 4.79 Å². The standard InChI is InChI=1S/C11H12O2/c1-7-9-3-2-8(5-12)4-10(7)11(9)6-13/h2-7,9-11H,1H3. The van der Waals surface area contributed by atoms with Crippen LogP contribution in [0, 0.1) is 23.7 Å². The van der Waals surface area contributed by atoms with Crippen molar-refractivity contribution in [1.82, 2.24) is 0 Å². The summed E-state index contributed by atoms with van der Waals surface area (Å²) in [5.74, 6) is 1.22. The van der Waals surface area contributed by atoms with Crippen LogP contribution in [0.15, 0.2) is 23.8 Å². The van der Waals surface area contributed by atoms with Gasteiger partial charge in [0.25, 0.3) is 0 Å². The fourth-order valence-corrected chi connectivity index (χ4v) is 2.40. The van der Waals surface area contributed by atoms with E-state index in [1.54, 1.807) is 0 Å². The Morgan fingerprint density at radius 1 is 1.31 bits per heavy atom. The van der Waals surface area contributed by atoms with Crippen molar-refractivity contribution in [2.24, 2.45) is 23.7 Å². The van der Waals surface area contributed by atoms with Gasteiger partial charge in [-0.3, -0.25) is 4.79 Å². The average Bonchev–Trinajstić information content (AvgIpc) is 2.44. The maximum absolute atomic E-state index is 10.7. The quantitative estimate of drug-likeness (QED) is 0.595. The third-order valence-electron chi connectivity index (χ3n) is 3.29. The van der Waals surface area contributed by atoms with Crippen LogP contribution in [0.25, 0.3) is 0 Å². The number of allylic oxidation sites excluding steroid dienone is 4. The van der Waals surface area contributed by atoms with Crippen molar-refractivity contribution < 1.29 is 9.59 Å². The Hall–Kier alpha value is -1.18. The van der Waals surface area contributed by atoms with Crippen LogP contribution in [0.1, 0.15) is 6.92 Å². The van der Waals surface area contributed by atoms with Crippen molar-refractivity contribution in [1.29, 1.82) is 0 Å². The second-order valence-corrected chi connectivity index (χ2v) is 3.87. The zero-order valence-corrected chi connectivity index (χ0v) is 7.51. The second-order valence-electron chi connectivity index (χ2n) is 3.87. The van der Waals surface area contributed by atoms with Gasteiger partial charge in [0.1, 0.15) is 12.6 Å². The molecule has 0 amide bonds. The maximum atomic E-state index is 10.7. The molecule has 3 aliphatic rings. The summed E-state index contributed by atoms with van der Waals surface area (Å²) in [4.78, 5) is 21.3. The minimum Gasteiger partial charge on any atom is -0.303 e. The van der Waals surface area contributed by atoms with Crippen LogP contribution in [-0.2, 0) is 9.59 Å². The van der Waals surface area contributed by atoms with Crippen molar-refractivity contribution in [3.05, 3.63) is 23.8 Å². The summed E-state index contributed by atoms with van der Waals surface area (Å²) in [5.41, 5.74) is 0.712. The van der Waals surface area contributed by atoms with Gasteiger partial charge in [-0.2, -0.15) is 0 Å². The van der Waals surface area contributed by atoms with E-state index in [2.05, 4.69) is 6.92 Å². The molecule has 2 heteroatoms. The molecule has 68 valence electrons. The number of carbonyl (C=O) groups excluding carboxylic acids is 2. The Balaban J connectivity index is 2.32. The molecule has 0 aliphatic heterocycles. The highest BCUT2D eigenvalue weighted by atomic mass is 16.1. The topological polar surface area (TPSA) is 34.1 Å². The smallest absolute Gasteiger partial charge is 0.149 e. The summed E-state index contributed by atoms with van der Waals surface area (Å²) < 4.78 is 0. The minimum atomic E-state index is 0.101. The van der Waals surface area contributed by atoms with E-state index in [1.165, 1.54) is 0 Å². The summed E-state index contributed by atoms with van der Waals surface area (Å²) in [6.07, 6.45) is 7.62. The largest absolute Gasteiger partial charge is 0.303 e. The minimum absolute atomic E-state index is 0.101. The molecule has 3 rings (SSSR count). The molecule has 0 saturated heterocycles. The summed E-state index contributed by atoms with van der Waals surface area (Å²) in [7, 11) is 0.